The molecule has 0 bridgehead atoms. The topological polar surface area (TPSA) is 209 Å². The average Bonchev–Trinajstić information content (AvgIpc) is 1.76. The van der Waals surface area contributed by atoms with Gasteiger partial charge < -0.3 is 44.4 Å². The lowest BCUT2D eigenvalue weighted by atomic mass is 9.72. The Morgan fingerprint density at radius 1 is 0.686 bits per heavy atom. The van der Waals surface area contributed by atoms with Crippen LogP contribution in [0.15, 0.2) is 72.8 Å². The summed E-state index contributed by atoms with van der Waals surface area (Å²) in [5.74, 6) is -1.34. The summed E-state index contributed by atoms with van der Waals surface area (Å²) >= 11 is 2.66. The number of carboxylic acid groups (broad SMARTS) is 1. The smallest absolute Gasteiger partial charge is 0.308 e. The Morgan fingerprint density at radius 3 is 1.48 bits per heavy atom. The number of carbonyl (C=O) groups is 2. The van der Waals surface area contributed by atoms with Crippen molar-refractivity contribution in [3.8, 4) is 34.7 Å². The normalized spacial score (nSPS) is 18.6. The third-order valence-electron chi connectivity index (χ3n) is 17.2. The lowest BCUT2D eigenvalue weighted by Crippen LogP contribution is -2.73. The zero-order valence-corrected chi connectivity index (χ0v) is 50.0. The van der Waals surface area contributed by atoms with Gasteiger partial charge in [0, 0.05) is 124 Å². The number of aromatic nitrogens is 6. The molecule has 8 aromatic rings. The van der Waals surface area contributed by atoms with Crippen LogP contribution in [0.4, 0.5) is 41.8 Å². The summed E-state index contributed by atoms with van der Waals surface area (Å²) in [4.78, 5) is 44.4. The lowest BCUT2D eigenvalue weighted by Gasteiger charge is -2.61. The fourth-order valence-electron chi connectivity index (χ4n) is 12.5. The highest BCUT2D eigenvalue weighted by molar-refractivity contribution is 7.17. The van der Waals surface area contributed by atoms with E-state index in [-0.39, 0.29) is 42.2 Å². The summed E-state index contributed by atoms with van der Waals surface area (Å²) in [6.45, 7) is 18.5. The predicted octanol–water partition coefficient (Wildman–Crippen LogP) is 10.1. The SMILES string of the molecule is C.CCc1nn2c(C)cc(N3CC4(CN(C(=O)[C@H]5CCOC5)C4)C3)cc2c1N(C)c1nc(-c2ccc(F)cc2)c(C#N)s1.CCc1nn2c(C)cc(N3CC4(CNC4)C3)cc2c1N(C)c1nc(-c2ccc(F)cc2)c(C#N)s1.O=C(O)[C@H]1CCOC1. The number of anilines is 6. The number of amides is 1. The van der Waals surface area contributed by atoms with Crippen LogP contribution in [-0.4, -0.2) is 144 Å². The number of hydrogen-bond donors (Lipinski definition) is 2. The third kappa shape index (κ3) is 11.1. The maximum atomic E-state index is 13.5. The molecule has 6 fully saturated rings. The molecule has 448 valence electrons. The van der Waals surface area contributed by atoms with E-state index < -0.39 is 5.97 Å². The first-order chi connectivity index (χ1) is 41.0. The molecule has 6 aliphatic heterocycles. The number of hydrogen-bond acceptors (Lipinski definition) is 17. The van der Waals surface area contributed by atoms with E-state index in [1.807, 2.05) is 37.8 Å². The number of rotatable bonds is 12. The van der Waals surface area contributed by atoms with Crippen LogP contribution in [0.25, 0.3) is 33.5 Å². The zero-order valence-electron chi connectivity index (χ0n) is 48.4. The number of nitrogens with zero attached hydrogens (tertiary/aromatic N) is 13. The van der Waals surface area contributed by atoms with Crippen LogP contribution in [0, 0.1) is 70.8 Å². The Kier molecular flexibility index (Phi) is 16.7. The van der Waals surface area contributed by atoms with Gasteiger partial charge in [0.1, 0.15) is 44.9 Å². The molecule has 2 spiro atoms. The molecule has 1 amide bonds. The minimum Gasteiger partial charge on any atom is -0.481 e. The molecule has 2 aromatic carbocycles. The van der Waals surface area contributed by atoms with E-state index in [9.17, 15) is 28.9 Å². The molecule has 86 heavy (non-hydrogen) atoms. The van der Waals surface area contributed by atoms with Crippen molar-refractivity contribution >= 4 is 78.6 Å². The van der Waals surface area contributed by atoms with Gasteiger partial charge in [0.05, 0.1) is 58.8 Å². The summed E-state index contributed by atoms with van der Waals surface area (Å²) < 4.78 is 41.2. The molecule has 0 unspecified atom stereocenters. The minimum absolute atomic E-state index is 0. The quantitative estimate of drug-likeness (QED) is 0.117. The molecule has 6 saturated heterocycles. The number of ether oxygens (including phenoxy) is 2. The second-order valence-electron chi connectivity index (χ2n) is 23.3. The second kappa shape index (κ2) is 24.0. The number of benzene rings is 2. The van der Waals surface area contributed by atoms with Crippen LogP contribution in [0.5, 0.6) is 0 Å². The molecular formula is C63H70F2N14O5S2. The van der Waals surface area contributed by atoms with E-state index >= 15 is 0 Å². The number of halogens is 2. The van der Waals surface area contributed by atoms with Gasteiger partial charge in [0.15, 0.2) is 10.3 Å². The number of aliphatic carboxylic acids is 1. The monoisotopic (exact) mass is 1200 g/mol. The fourth-order valence-corrected chi connectivity index (χ4v) is 14.2. The minimum atomic E-state index is -0.734. The van der Waals surface area contributed by atoms with Crippen LogP contribution in [0.2, 0.25) is 0 Å². The van der Waals surface area contributed by atoms with Crippen LogP contribution >= 0.6 is 22.7 Å². The van der Waals surface area contributed by atoms with Gasteiger partial charge in [-0.1, -0.05) is 43.9 Å². The van der Waals surface area contributed by atoms with Crippen LogP contribution in [0.1, 0.15) is 66.6 Å². The van der Waals surface area contributed by atoms with E-state index in [2.05, 4.69) is 79.2 Å². The second-order valence-corrected chi connectivity index (χ2v) is 25.2. The largest absolute Gasteiger partial charge is 0.481 e. The molecule has 12 heterocycles. The first-order valence-corrected chi connectivity index (χ1v) is 30.4. The van der Waals surface area contributed by atoms with Crippen molar-refractivity contribution in [1.29, 1.82) is 10.5 Å². The molecule has 19 nitrogen and oxygen atoms in total. The number of aryl methyl sites for hydroxylation is 4. The predicted molar refractivity (Wildman–Crippen MR) is 330 cm³/mol. The van der Waals surface area contributed by atoms with E-state index in [4.69, 9.17) is 34.7 Å². The lowest BCUT2D eigenvalue weighted by molar-refractivity contribution is -0.149. The first-order valence-electron chi connectivity index (χ1n) is 28.7. The average molecular weight is 1210 g/mol. The van der Waals surface area contributed by atoms with Gasteiger partial charge in [0.25, 0.3) is 0 Å². The number of nitriles is 2. The summed E-state index contributed by atoms with van der Waals surface area (Å²) in [6.07, 6.45) is 3.02. The number of pyridine rings is 2. The number of nitrogens with one attached hydrogen (secondary N) is 1. The van der Waals surface area contributed by atoms with E-state index in [1.165, 1.54) is 52.6 Å². The van der Waals surface area contributed by atoms with Gasteiger partial charge in [-0.15, -0.1) is 0 Å². The molecular weight excluding hydrogens is 1130 g/mol. The summed E-state index contributed by atoms with van der Waals surface area (Å²) in [5.41, 5.74) is 13.6. The van der Waals surface area contributed by atoms with Crippen molar-refractivity contribution in [3.63, 3.8) is 0 Å². The summed E-state index contributed by atoms with van der Waals surface area (Å²) in [5, 5.41) is 42.6. The van der Waals surface area contributed by atoms with E-state index in [0.717, 1.165) is 128 Å². The highest BCUT2D eigenvalue weighted by Crippen LogP contribution is 2.46. The fraction of sp³-hybridized carbons (Fsp3) is 0.429. The molecule has 0 aliphatic carbocycles. The van der Waals surface area contributed by atoms with Gasteiger partial charge in [-0.3, -0.25) is 9.59 Å². The molecule has 0 radical (unpaired) electrons. The van der Waals surface area contributed by atoms with Crippen LogP contribution in [-0.2, 0) is 31.9 Å². The Balaban J connectivity index is 0.000000158. The number of likely N-dealkylation sites (tertiary alicyclic amines) is 1. The van der Waals surface area contributed by atoms with Crippen LogP contribution < -0.4 is 24.9 Å². The van der Waals surface area contributed by atoms with Gasteiger partial charge >= 0.3 is 5.97 Å². The van der Waals surface area contributed by atoms with Crippen molar-refractivity contribution in [2.75, 3.05) is 112 Å². The maximum Gasteiger partial charge on any atom is 0.308 e. The molecule has 14 rings (SSSR count). The van der Waals surface area contributed by atoms with Gasteiger partial charge in [-0.05, 0) is 112 Å². The Bertz CT molecular complexity index is 3920. The van der Waals surface area contributed by atoms with Crippen molar-refractivity contribution in [2.45, 2.75) is 60.8 Å². The van der Waals surface area contributed by atoms with Gasteiger partial charge in [0.2, 0.25) is 5.91 Å². The first kappa shape index (κ1) is 59.7. The van der Waals surface area contributed by atoms with Crippen LogP contribution in [0.3, 0.4) is 0 Å². The number of carbonyl (C=O) groups excluding carboxylic acids is 1. The standard InChI is InChI=1S/C31H32FN7O2S.C26H26FN7S.C5H8O3.CH4/c1-4-24-28(36(3)30-34-27(26(13-33)42-30)20-5-7-22(32)8-6-20)25-12-23(11-19(2)39(25)35-24)37-15-31(16-37)17-38(18-31)29(40)21-9-10-41-14-21;1-4-20-24(32(3)25-30-23(22(11-28)35-25)17-5-7-18(27)8-6-17)21-10-19(9-16(2)34(21)31-20)33-14-26(15-33)12-29-13-26;6-5(7)4-1-2-8-3-4;/h5-8,11-12,21H,4,9-10,14-18H2,1-3H3;5-10,29H,4,12-15H2,1-3H3;4H,1-3H2,(H,6,7);1H4/t21-;;4-;/m0.0./s1. The number of carboxylic acids is 1. The molecule has 2 N–H and O–H groups in total. The summed E-state index contributed by atoms with van der Waals surface area (Å²) in [7, 11) is 3.94. The van der Waals surface area contributed by atoms with E-state index in [1.54, 1.807) is 24.3 Å². The third-order valence-corrected chi connectivity index (χ3v) is 19.3. The maximum absolute atomic E-state index is 13.5. The molecule has 6 aliphatic rings. The Morgan fingerprint density at radius 2 is 1.12 bits per heavy atom. The van der Waals surface area contributed by atoms with Crippen molar-refractivity contribution in [3.05, 3.63) is 117 Å². The highest BCUT2D eigenvalue weighted by atomic mass is 32.1. The van der Waals surface area contributed by atoms with E-state index in [0.29, 0.717) is 75.2 Å². The molecule has 6 aromatic heterocycles. The van der Waals surface area contributed by atoms with Gasteiger partial charge in [-0.25, -0.2) is 27.8 Å². The molecule has 2 atom stereocenters. The zero-order chi connectivity index (χ0) is 59.5. The Labute approximate surface area is 506 Å². The van der Waals surface area contributed by atoms with Crippen molar-refractivity contribution < 1.29 is 33.0 Å². The number of fused-ring (bicyclic) bond motifs is 2. The number of thiazole rings is 2. The van der Waals surface area contributed by atoms with Gasteiger partial charge in [-0.2, -0.15) is 20.7 Å². The summed E-state index contributed by atoms with van der Waals surface area (Å²) in [6, 6.07) is 25.5. The van der Waals surface area contributed by atoms with Crippen molar-refractivity contribution in [2.24, 2.45) is 22.7 Å². The highest BCUT2D eigenvalue weighted by Gasteiger charge is 2.54. The van der Waals surface area contributed by atoms with Crippen molar-refractivity contribution in [1.82, 2.24) is 39.4 Å². The Hall–Kier alpha value is -8.06. The molecule has 0 saturated carbocycles. The molecule has 23 heteroatoms.